The highest BCUT2D eigenvalue weighted by atomic mass is 19.1. The number of benzene rings is 1. The molecule has 1 aromatic rings. The Hall–Kier alpha value is -1.58. The molecule has 0 spiro atoms. The maximum absolute atomic E-state index is 12.9. The Morgan fingerprint density at radius 2 is 1.80 bits per heavy atom. The van der Waals surface area contributed by atoms with Crippen LogP contribution in [0.25, 0.3) is 0 Å². The summed E-state index contributed by atoms with van der Waals surface area (Å²) in [5, 5.41) is 0. The largest absolute Gasteiger partial charge is 0.481 e. The standard InChI is InChI=1S/C16H22FNO2/c1-2-15(20-14-9-7-13(17)8-10-14)16(19)18-11-5-3-4-6-12-18/h7-10,15H,2-6,11-12H2,1H3. The van der Waals surface area contributed by atoms with Gasteiger partial charge < -0.3 is 9.64 Å². The molecule has 1 atom stereocenters. The normalized spacial score (nSPS) is 17.4. The van der Waals surface area contributed by atoms with E-state index in [2.05, 4.69) is 0 Å². The molecule has 0 N–H and O–H groups in total. The van der Waals surface area contributed by atoms with Crippen LogP contribution < -0.4 is 4.74 Å². The molecule has 1 aliphatic heterocycles. The molecule has 0 aliphatic carbocycles. The molecule has 1 heterocycles. The Kier molecular flexibility index (Phi) is 5.39. The number of ether oxygens (including phenoxy) is 1. The van der Waals surface area contributed by atoms with Gasteiger partial charge in [-0.2, -0.15) is 0 Å². The van der Waals surface area contributed by atoms with E-state index >= 15 is 0 Å². The lowest BCUT2D eigenvalue weighted by Gasteiger charge is -2.26. The third kappa shape index (κ3) is 3.95. The molecule has 0 aromatic heterocycles. The van der Waals surface area contributed by atoms with Crippen molar-refractivity contribution in [3.63, 3.8) is 0 Å². The number of hydrogen-bond donors (Lipinski definition) is 0. The van der Waals surface area contributed by atoms with Crippen LogP contribution in [0.15, 0.2) is 24.3 Å². The van der Waals surface area contributed by atoms with E-state index in [1.54, 1.807) is 12.1 Å². The molecule has 0 saturated carbocycles. The van der Waals surface area contributed by atoms with Gasteiger partial charge in [0, 0.05) is 13.1 Å². The summed E-state index contributed by atoms with van der Waals surface area (Å²) in [6.07, 6.45) is 4.67. The molecule has 3 nitrogen and oxygen atoms in total. The fourth-order valence-corrected chi connectivity index (χ4v) is 2.48. The third-order valence-corrected chi connectivity index (χ3v) is 3.66. The minimum Gasteiger partial charge on any atom is -0.481 e. The summed E-state index contributed by atoms with van der Waals surface area (Å²) < 4.78 is 18.6. The zero-order valence-corrected chi connectivity index (χ0v) is 12.0. The smallest absolute Gasteiger partial charge is 0.263 e. The van der Waals surface area contributed by atoms with Gasteiger partial charge in [-0.05, 0) is 43.5 Å². The third-order valence-electron chi connectivity index (χ3n) is 3.66. The lowest BCUT2D eigenvalue weighted by atomic mass is 10.2. The van der Waals surface area contributed by atoms with Crippen molar-refractivity contribution in [1.82, 2.24) is 4.90 Å². The minimum absolute atomic E-state index is 0.0544. The van der Waals surface area contributed by atoms with Gasteiger partial charge in [-0.3, -0.25) is 4.79 Å². The van der Waals surface area contributed by atoms with Crippen LogP contribution in [0.4, 0.5) is 4.39 Å². The summed E-state index contributed by atoms with van der Waals surface area (Å²) in [7, 11) is 0. The van der Waals surface area contributed by atoms with Crippen LogP contribution in [0.2, 0.25) is 0 Å². The molecule has 2 rings (SSSR count). The Balaban J connectivity index is 1.99. The number of amides is 1. The van der Waals surface area contributed by atoms with Gasteiger partial charge in [0.15, 0.2) is 6.10 Å². The fraction of sp³-hybridized carbons (Fsp3) is 0.562. The van der Waals surface area contributed by atoms with Crippen molar-refractivity contribution in [2.24, 2.45) is 0 Å². The van der Waals surface area contributed by atoms with Crippen molar-refractivity contribution < 1.29 is 13.9 Å². The highest BCUT2D eigenvalue weighted by Crippen LogP contribution is 2.17. The van der Waals surface area contributed by atoms with Crippen molar-refractivity contribution in [3.8, 4) is 5.75 Å². The van der Waals surface area contributed by atoms with Gasteiger partial charge in [-0.25, -0.2) is 4.39 Å². The number of carbonyl (C=O) groups is 1. The van der Waals surface area contributed by atoms with Crippen LogP contribution in [-0.4, -0.2) is 30.0 Å². The fourth-order valence-electron chi connectivity index (χ4n) is 2.48. The topological polar surface area (TPSA) is 29.5 Å². The van der Waals surface area contributed by atoms with E-state index in [1.165, 1.54) is 25.0 Å². The van der Waals surface area contributed by atoms with Crippen LogP contribution in [0.5, 0.6) is 5.75 Å². The van der Waals surface area contributed by atoms with Crippen molar-refractivity contribution in [2.75, 3.05) is 13.1 Å². The summed E-state index contributed by atoms with van der Waals surface area (Å²) in [5.74, 6) is 0.296. The second-order valence-corrected chi connectivity index (χ2v) is 5.21. The SMILES string of the molecule is CCC(Oc1ccc(F)cc1)C(=O)N1CCCCCC1. The Labute approximate surface area is 119 Å². The molecule has 0 radical (unpaired) electrons. The summed E-state index contributed by atoms with van der Waals surface area (Å²) in [6.45, 7) is 3.58. The number of carbonyl (C=O) groups excluding carboxylic acids is 1. The van der Waals surface area contributed by atoms with Crippen LogP contribution in [-0.2, 0) is 4.79 Å². The lowest BCUT2D eigenvalue weighted by molar-refractivity contribution is -0.138. The first-order valence-corrected chi connectivity index (χ1v) is 7.41. The van der Waals surface area contributed by atoms with Crippen LogP contribution in [0.3, 0.4) is 0 Å². The summed E-state index contributed by atoms with van der Waals surface area (Å²) in [6, 6.07) is 5.82. The van der Waals surface area contributed by atoms with E-state index in [1.807, 2.05) is 11.8 Å². The van der Waals surface area contributed by atoms with Crippen molar-refractivity contribution in [3.05, 3.63) is 30.1 Å². The molecule has 1 saturated heterocycles. The van der Waals surface area contributed by atoms with Crippen molar-refractivity contribution in [2.45, 2.75) is 45.1 Å². The molecule has 1 aliphatic rings. The number of nitrogens with zero attached hydrogens (tertiary/aromatic N) is 1. The van der Waals surface area contributed by atoms with E-state index in [4.69, 9.17) is 4.74 Å². The average Bonchev–Trinajstić information content (AvgIpc) is 2.75. The molecular formula is C16H22FNO2. The quantitative estimate of drug-likeness (QED) is 0.845. The second-order valence-electron chi connectivity index (χ2n) is 5.21. The average molecular weight is 279 g/mol. The van der Waals surface area contributed by atoms with E-state index in [9.17, 15) is 9.18 Å². The summed E-state index contributed by atoms with van der Waals surface area (Å²) in [5.41, 5.74) is 0. The molecule has 1 unspecified atom stereocenters. The number of rotatable bonds is 4. The number of hydrogen-bond acceptors (Lipinski definition) is 2. The maximum Gasteiger partial charge on any atom is 0.263 e. The molecule has 110 valence electrons. The Morgan fingerprint density at radius 1 is 1.20 bits per heavy atom. The monoisotopic (exact) mass is 279 g/mol. The second kappa shape index (κ2) is 7.27. The molecule has 1 aromatic carbocycles. The first-order valence-electron chi connectivity index (χ1n) is 7.41. The number of halogens is 1. The lowest BCUT2D eigenvalue weighted by Crippen LogP contribution is -2.42. The first kappa shape index (κ1) is 14.8. The minimum atomic E-state index is -0.474. The molecule has 1 fully saturated rings. The van der Waals surface area contributed by atoms with Crippen molar-refractivity contribution in [1.29, 1.82) is 0 Å². The molecule has 4 heteroatoms. The predicted molar refractivity (Wildman–Crippen MR) is 76.2 cm³/mol. The van der Waals surface area contributed by atoms with E-state index < -0.39 is 6.10 Å². The van der Waals surface area contributed by atoms with Crippen LogP contribution in [0, 0.1) is 5.82 Å². The summed E-state index contributed by atoms with van der Waals surface area (Å²) in [4.78, 5) is 14.4. The zero-order valence-electron chi connectivity index (χ0n) is 12.0. The van der Waals surface area contributed by atoms with Gasteiger partial charge in [0.2, 0.25) is 0 Å². The van der Waals surface area contributed by atoms with Crippen LogP contribution in [0.1, 0.15) is 39.0 Å². The van der Waals surface area contributed by atoms with Gasteiger partial charge in [-0.15, -0.1) is 0 Å². The van der Waals surface area contributed by atoms with E-state index in [-0.39, 0.29) is 11.7 Å². The summed E-state index contributed by atoms with van der Waals surface area (Å²) >= 11 is 0. The van der Waals surface area contributed by atoms with E-state index in [0.717, 1.165) is 25.9 Å². The molecule has 20 heavy (non-hydrogen) atoms. The molecular weight excluding hydrogens is 257 g/mol. The predicted octanol–water partition coefficient (Wildman–Crippen LogP) is 3.39. The van der Waals surface area contributed by atoms with Gasteiger partial charge in [0.25, 0.3) is 5.91 Å². The maximum atomic E-state index is 12.9. The van der Waals surface area contributed by atoms with Gasteiger partial charge >= 0.3 is 0 Å². The van der Waals surface area contributed by atoms with Crippen LogP contribution >= 0.6 is 0 Å². The van der Waals surface area contributed by atoms with Crippen molar-refractivity contribution >= 4 is 5.91 Å². The molecule has 1 amide bonds. The Bertz CT molecular complexity index is 425. The first-order chi connectivity index (χ1) is 9.70. The van der Waals surface area contributed by atoms with Gasteiger partial charge in [0.1, 0.15) is 11.6 Å². The zero-order chi connectivity index (χ0) is 14.4. The van der Waals surface area contributed by atoms with Gasteiger partial charge in [-0.1, -0.05) is 19.8 Å². The van der Waals surface area contributed by atoms with E-state index in [0.29, 0.717) is 12.2 Å². The Morgan fingerprint density at radius 3 is 2.35 bits per heavy atom. The van der Waals surface area contributed by atoms with Gasteiger partial charge in [0.05, 0.1) is 0 Å². The highest BCUT2D eigenvalue weighted by Gasteiger charge is 2.25. The highest BCUT2D eigenvalue weighted by molar-refractivity contribution is 5.81. The molecule has 0 bridgehead atoms. The number of likely N-dealkylation sites (tertiary alicyclic amines) is 1.